The Morgan fingerprint density at radius 2 is 1.70 bits per heavy atom. The number of carbonyl (C=O) groups excluding carboxylic acids is 2. The second-order valence-corrected chi connectivity index (χ2v) is 8.87. The molecule has 170 valence electrons. The zero-order valence-electron chi connectivity index (χ0n) is 19.2. The van der Waals surface area contributed by atoms with Crippen molar-refractivity contribution >= 4 is 34.8 Å². The monoisotopic (exact) mass is 462 g/mol. The molecule has 0 fully saturated rings. The molecule has 0 aliphatic carbocycles. The van der Waals surface area contributed by atoms with Gasteiger partial charge in [0, 0.05) is 34.9 Å². The zero-order valence-corrected chi connectivity index (χ0v) is 20.0. The first-order chi connectivity index (χ1) is 15.8. The number of hydrogen-bond acceptors (Lipinski definition) is 3. The molecule has 33 heavy (non-hydrogen) atoms. The van der Waals surface area contributed by atoms with Crippen molar-refractivity contribution in [2.45, 2.75) is 39.3 Å². The molecule has 3 aromatic rings. The van der Waals surface area contributed by atoms with Crippen LogP contribution in [-0.2, 0) is 4.79 Å². The number of halogens is 1. The fourth-order valence-corrected chi connectivity index (χ4v) is 4.67. The van der Waals surface area contributed by atoms with Crippen LogP contribution in [0.4, 0.5) is 11.4 Å². The van der Waals surface area contributed by atoms with Gasteiger partial charge in [-0.1, -0.05) is 23.7 Å². The van der Waals surface area contributed by atoms with Crippen LogP contribution in [0.2, 0.25) is 5.02 Å². The number of hydrogen-bond donors (Lipinski definition) is 0. The molecule has 2 atom stereocenters. The zero-order chi connectivity index (χ0) is 23.7. The molecule has 1 heterocycles. The first-order valence-electron chi connectivity index (χ1n) is 10.9. The standard InChI is InChI=1S/C27H27ClN2O3/c1-17-5-14-24-25(15-17)29(27(32)20-6-12-23(33-4)13-7-20)18(2)16-26(24)30(19(3)31)22-10-8-21(28)9-11-22/h5-15,18,26H,16H2,1-4H3/t18-,26+/m0/s1. The Kier molecular flexibility index (Phi) is 6.43. The number of anilines is 2. The third-order valence-electron chi connectivity index (χ3n) is 6.12. The number of fused-ring (bicyclic) bond motifs is 1. The summed E-state index contributed by atoms with van der Waals surface area (Å²) in [6.45, 7) is 5.61. The van der Waals surface area contributed by atoms with E-state index in [4.69, 9.17) is 16.3 Å². The Morgan fingerprint density at radius 3 is 2.30 bits per heavy atom. The van der Waals surface area contributed by atoms with E-state index in [9.17, 15) is 9.59 Å². The topological polar surface area (TPSA) is 49.9 Å². The van der Waals surface area contributed by atoms with Gasteiger partial charge in [-0.05, 0) is 86.0 Å². The van der Waals surface area contributed by atoms with E-state index < -0.39 is 0 Å². The molecular formula is C27H27ClN2O3. The molecule has 0 saturated heterocycles. The number of nitrogens with zero attached hydrogens (tertiary/aromatic N) is 2. The van der Waals surface area contributed by atoms with Gasteiger partial charge in [-0.25, -0.2) is 0 Å². The maximum absolute atomic E-state index is 13.6. The molecule has 1 aliphatic rings. The van der Waals surface area contributed by atoms with Crippen molar-refractivity contribution in [2.75, 3.05) is 16.9 Å². The lowest BCUT2D eigenvalue weighted by Gasteiger charge is -2.43. The average Bonchev–Trinajstić information content (AvgIpc) is 2.80. The van der Waals surface area contributed by atoms with Crippen molar-refractivity contribution in [3.05, 3.63) is 88.4 Å². The molecule has 4 rings (SSSR count). The number of rotatable bonds is 4. The molecule has 0 radical (unpaired) electrons. The summed E-state index contributed by atoms with van der Waals surface area (Å²) >= 11 is 6.08. The number of aryl methyl sites for hydroxylation is 1. The van der Waals surface area contributed by atoms with E-state index in [1.165, 1.54) is 0 Å². The molecular weight excluding hydrogens is 436 g/mol. The number of carbonyl (C=O) groups is 2. The third-order valence-corrected chi connectivity index (χ3v) is 6.37. The van der Waals surface area contributed by atoms with E-state index in [-0.39, 0.29) is 23.9 Å². The highest BCUT2D eigenvalue weighted by Gasteiger charge is 2.38. The predicted molar refractivity (Wildman–Crippen MR) is 132 cm³/mol. The van der Waals surface area contributed by atoms with Gasteiger partial charge in [0.1, 0.15) is 5.75 Å². The van der Waals surface area contributed by atoms with Gasteiger partial charge in [0.05, 0.1) is 13.2 Å². The first-order valence-corrected chi connectivity index (χ1v) is 11.3. The largest absolute Gasteiger partial charge is 0.497 e. The minimum Gasteiger partial charge on any atom is -0.497 e. The van der Waals surface area contributed by atoms with Crippen LogP contribution in [0.3, 0.4) is 0 Å². The Balaban J connectivity index is 1.78. The lowest BCUT2D eigenvalue weighted by Crippen LogP contribution is -2.47. The third kappa shape index (κ3) is 4.46. The van der Waals surface area contributed by atoms with Crippen molar-refractivity contribution in [1.82, 2.24) is 0 Å². The second-order valence-electron chi connectivity index (χ2n) is 8.43. The predicted octanol–water partition coefficient (Wildman–Crippen LogP) is 6.19. The summed E-state index contributed by atoms with van der Waals surface area (Å²) in [4.78, 5) is 30.1. The van der Waals surface area contributed by atoms with Gasteiger partial charge in [-0.3, -0.25) is 9.59 Å². The van der Waals surface area contributed by atoms with Crippen molar-refractivity contribution in [3.8, 4) is 5.75 Å². The molecule has 0 saturated carbocycles. The van der Waals surface area contributed by atoms with E-state index in [1.54, 1.807) is 55.3 Å². The highest BCUT2D eigenvalue weighted by molar-refractivity contribution is 6.30. The average molecular weight is 463 g/mol. The van der Waals surface area contributed by atoms with E-state index in [0.29, 0.717) is 22.8 Å². The van der Waals surface area contributed by atoms with E-state index in [2.05, 4.69) is 0 Å². The molecule has 1 aliphatic heterocycles. The lowest BCUT2D eigenvalue weighted by molar-refractivity contribution is -0.117. The van der Waals surface area contributed by atoms with Crippen LogP contribution in [0.5, 0.6) is 5.75 Å². The fraction of sp³-hybridized carbons (Fsp3) is 0.259. The lowest BCUT2D eigenvalue weighted by atomic mass is 9.88. The first kappa shape index (κ1) is 22.9. The molecule has 0 bridgehead atoms. The highest BCUT2D eigenvalue weighted by atomic mass is 35.5. The smallest absolute Gasteiger partial charge is 0.258 e. The summed E-state index contributed by atoms with van der Waals surface area (Å²) in [5.41, 5.74) is 4.21. The van der Waals surface area contributed by atoms with Crippen LogP contribution in [-0.4, -0.2) is 25.0 Å². The van der Waals surface area contributed by atoms with Crippen molar-refractivity contribution in [1.29, 1.82) is 0 Å². The summed E-state index contributed by atoms with van der Waals surface area (Å²) in [7, 11) is 1.60. The normalized spacial score (nSPS) is 17.3. The van der Waals surface area contributed by atoms with Crippen LogP contribution in [0.1, 0.15) is 47.8 Å². The summed E-state index contributed by atoms with van der Waals surface area (Å²) in [6.07, 6.45) is 0.611. The van der Waals surface area contributed by atoms with Gasteiger partial charge in [-0.15, -0.1) is 0 Å². The number of methoxy groups -OCH3 is 1. The van der Waals surface area contributed by atoms with Gasteiger partial charge in [-0.2, -0.15) is 0 Å². The van der Waals surface area contributed by atoms with Crippen LogP contribution >= 0.6 is 11.6 Å². The number of amides is 2. The minimum atomic E-state index is -0.200. The molecule has 0 spiro atoms. The SMILES string of the molecule is COc1ccc(C(=O)N2c3cc(C)ccc3[C@H](N(C(C)=O)c3ccc(Cl)cc3)C[C@@H]2C)cc1. The second kappa shape index (κ2) is 9.28. The molecule has 0 aromatic heterocycles. The summed E-state index contributed by atoms with van der Waals surface area (Å²) < 4.78 is 5.23. The molecule has 0 unspecified atom stereocenters. The molecule has 3 aromatic carbocycles. The fourth-order valence-electron chi connectivity index (χ4n) is 4.55. The van der Waals surface area contributed by atoms with Crippen molar-refractivity contribution in [3.63, 3.8) is 0 Å². The van der Waals surface area contributed by atoms with Gasteiger partial charge < -0.3 is 14.5 Å². The molecule has 5 nitrogen and oxygen atoms in total. The Morgan fingerprint density at radius 1 is 1.03 bits per heavy atom. The van der Waals surface area contributed by atoms with Crippen LogP contribution in [0.15, 0.2) is 66.7 Å². The van der Waals surface area contributed by atoms with Gasteiger partial charge in [0.15, 0.2) is 0 Å². The Hall–Kier alpha value is -3.31. The van der Waals surface area contributed by atoms with E-state index >= 15 is 0 Å². The van der Waals surface area contributed by atoms with E-state index in [1.807, 2.05) is 49.1 Å². The molecule has 0 N–H and O–H groups in total. The maximum Gasteiger partial charge on any atom is 0.258 e. The quantitative estimate of drug-likeness (QED) is 0.464. The van der Waals surface area contributed by atoms with Crippen molar-refractivity contribution < 1.29 is 14.3 Å². The summed E-state index contributed by atoms with van der Waals surface area (Å²) in [6, 6.07) is 20.2. The van der Waals surface area contributed by atoms with Crippen LogP contribution in [0.25, 0.3) is 0 Å². The van der Waals surface area contributed by atoms with Crippen molar-refractivity contribution in [2.24, 2.45) is 0 Å². The summed E-state index contributed by atoms with van der Waals surface area (Å²) in [5, 5.41) is 0.617. The van der Waals surface area contributed by atoms with Crippen LogP contribution in [0, 0.1) is 6.92 Å². The van der Waals surface area contributed by atoms with E-state index in [0.717, 1.165) is 22.5 Å². The number of benzene rings is 3. The van der Waals surface area contributed by atoms with Gasteiger partial charge in [0.2, 0.25) is 5.91 Å². The van der Waals surface area contributed by atoms with Gasteiger partial charge in [0.25, 0.3) is 5.91 Å². The molecule has 6 heteroatoms. The maximum atomic E-state index is 13.6. The minimum absolute atomic E-state index is 0.0593. The number of ether oxygens (including phenoxy) is 1. The Labute approximate surface area is 199 Å². The van der Waals surface area contributed by atoms with Gasteiger partial charge >= 0.3 is 0 Å². The summed E-state index contributed by atoms with van der Waals surface area (Å²) in [5.74, 6) is 0.571. The van der Waals surface area contributed by atoms with Crippen LogP contribution < -0.4 is 14.5 Å². The molecule has 2 amide bonds. The Bertz CT molecular complexity index is 1170. The highest BCUT2D eigenvalue weighted by Crippen LogP contribution is 2.43.